The van der Waals surface area contributed by atoms with E-state index in [-0.39, 0.29) is 12.1 Å². The molecule has 0 bridgehead atoms. The molecular formula is C14H26O3. The summed E-state index contributed by atoms with van der Waals surface area (Å²) in [6.07, 6.45) is 8.34. The standard InChI is InChI=1S/C14H26O3/c1-3-4-5-6-7-12-8-9-14(13(16)10-12)17-11(2)15/h12-14,16H,3-10H2,1-2H3. The third-order valence-corrected chi connectivity index (χ3v) is 3.65. The molecule has 0 radical (unpaired) electrons. The molecule has 0 aliphatic heterocycles. The summed E-state index contributed by atoms with van der Waals surface area (Å²) in [5.74, 6) is 0.337. The molecule has 0 saturated heterocycles. The first-order valence-electron chi connectivity index (χ1n) is 6.98. The van der Waals surface area contributed by atoms with Crippen molar-refractivity contribution in [2.24, 2.45) is 5.92 Å². The van der Waals surface area contributed by atoms with E-state index in [0.29, 0.717) is 5.92 Å². The van der Waals surface area contributed by atoms with Gasteiger partial charge in [-0.15, -0.1) is 0 Å². The summed E-state index contributed by atoms with van der Waals surface area (Å²) in [7, 11) is 0. The molecular weight excluding hydrogens is 216 g/mol. The number of hydrogen-bond donors (Lipinski definition) is 1. The quantitative estimate of drug-likeness (QED) is 0.575. The molecule has 3 nitrogen and oxygen atoms in total. The highest BCUT2D eigenvalue weighted by molar-refractivity contribution is 5.66. The van der Waals surface area contributed by atoms with Crippen LogP contribution in [0.4, 0.5) is 0 Å². The van der Waals surface area contributed by atoms with Crippen molar-refractivity contribution < 1.29 is 14.6 Å². The minimum absolute atomic E-state index is 0.264. The highest BCUT2D eigenvalue weighted by atomic mass is 16.6. The number of aliphatic hydroxyl groups is 1. The Kier molecular flexibility index (Phi) is 6.56. The summed E-state index contributed by atoms with van der Waals surface area (Å²) in [5, 5.41) is 9.91. The maximum absolute atomic E-state index is 10.8. The fourth-order valence-electron chi connectivity index (χ4n) is 2.68. The van der Waals surface area contributed by atoms with Crippen molar-refractivity contribution in [3.63, 3.8) is 0 Å². The van der Waals surface area contributed by atoms with Crippen LogP contribution in [0.3, 0.4) is 0 Å². The summed E-state index contributed by atoms with van der Waals surface area (Å²) < 4.78 is 5.11. The second-order valence-electron chi connectivity index (χ2n) is 5.24. The fraction of sp³-hybridized carbons (Fsp3) is 0.929. The van der Waals surface area contributed by atoms with Crippen molar-refractivity contribution in [3.05, 3.63) is 0 Å². The van der Waals surface area contributed by atoms with E-state index < -0.39 is 6.10 Å². The number of aliphatic hydroxyl groups excluding tert-OH is 1. The summed E-state index contributed by atoms with van der Waals surface area (Å²) in [6, 6.07) is 0. The molecule has 3 unspecified atom stereocenters. The van der Waals surface area contributed by atoms with Crippen LogP contribution < -0.4 is 0 Å². The largest absolute Gasteiger partial charge is 0.460 e. The van der Waals surface area contributed by atoms with Crippen molar-refractivity contribution in [1.82, 2.24) is 0 Å². The van der Waals surface area contributed by atoms with Crippen molar-refractivity contribution in [2.45, 2.75) is 77.4 Å². The summed E-state index contributed by atoms with van der Waals surface area (Å²) in [5.41, 5.74) is 0. The topological polar surface area (TPSA) is 46.5 Å². The molecule has 100 valence electrons. The van der Waals surface area contributed by atoms with Gasteiger partial charge in [-0.1, -0.05) is 39.0 Å². The van der Waals surface area contributed by atoms with Gasteiger partial charge in [-0.25, -0.2) is 0 Å². The molecule has 0 aromatic heterocycles. The third kappa shape index (κ3) is 5.53. The van der Waals surface area contributed by atoms with Crippen LogP contribution >= 0.6 is 0 Å². The smallest absolute Gasteiger partial charge is 0.302 e. The van der Waals surface area contributed by atoms with Gasteiger partial charge in [0, 0.05) is 6.92 Å². The van der Waals surface area contributed by atoms with Gasteiger partial charge in [0.05, 0.1) is 6.10 Å². The van der Waals surface area contributed by atoms with Crippen LogP contribution in [0.5, 0.6) is 0 Å². The predicted molar refractivity (Wildman–Crippen MR) is 67.7 cm³/mol. The van der Waals surface area contributed by atoms with Crippen LogP contribution in [-0.2, 0) is 9.53 Å². The maximum Gasteiger partial charge on any atom is 0.302 e. The lowest BCUT2D eigenvalue weighted by atomic mass is 9.82. The molecule has 0 amide bonds. The number of ether oxygens (including phenoxy) is 1. The minimum atomic E-state index is -0.455. The van der Waals surface area contributed by atoms with Gasteiger partial charge in [-0.05, 0) is 25.2 Å². The Hall–Kier alpha value is -0.570. The van der Waals surface area contributed by atoms with E-state index in [1.54, 1.807) is 0 Å². The first kappa shape index (κ1) is 14.5. The number of rotatable bonds is 6. The molecule has 1 aliphatic carbocycles. The monoisotopic (exact) mass is 242 g/mol. The zero-order chi connectivity index (χ0) is 12.7. The van der Waals surface area contributed by atoms with Gasteiger partial charge < -0.3 is 9.84 Å². The molecule has 0 aromatic rings. The Morgan fingerprint density at radius 1 is 1.29 bits per heavy atom. The Bertz CT molecular complexity index is 228. The second kappa shape index (κ2) is 7.70. The summed E-state index contributed by atoms with van der Waals surface area (Å²) in [4.78, 5) is 10.8. The Labute approximate surface area is 105 Å². The maximum atomic E-state index is 10.8. The fourth-order valence-corrected chi connectivity index (χ4v) is 2.68. The molecule has 0 heterocycles. The number of carbonyl (C=O) groups excluding carboxylic acids is 1. The van der Waals surface area contributed by atoms with Gasteiger partial charge in [-0.3, -0.25) is 4.79 Å². The number of unbranched alkanes of at least 4 members (excludes halogenated alkanes) is 3. The summed E-state index contributed by atoms with van der Waals surface area (Å²) >= 11 is 0. The SMILES string of the molecule is CCCCCCC1CCC(OC(C)=O)C(O)C1. The normalized spacial score (nSPS) is 29.0. The lowest BCUT2D eigenvalue weighted by Crippen LogP contribution is -2.36. The van der Waals surface area contributed by atoms with Crippen LogP contribution in [0.1, 0.15) is 65.2 Å². The van der Waals surface area contributed by atoms with Gasteiger partial charge >= 0.3 is 5.97 Å². The van der Waals surface area contributed by atoms with Gasteiger partial charge in [0.15, 0.2) is 0 Å². The van der Waals surface area contributed by atoms with Crippen LogP contribution in [-0.4, -0.2) is 23.3 Å². The van der Waals surface area contributed by atoms with E-state index >= 15 is 0 Å². The molecule has 1 rings (SSSR count). The molecule has 3 heteroatoms. The van der Waals surface area contributed by atoms with Crippen molar-refractivity contribution in [3.8, 4) is 0 Å². The summed E-state index contributed by atoms with van der Waals surface area (Å²) in [6.45, 7) is 3.62. The van der Waals surface area contributed by atoms with Crippen LogP contribution in [0.2, 0.25) is 0 Å². The molecule has 17 heavy (non-hydrogen) atoms. The Morgan fingerprint density at radius 3 is 2.65 bits per heavy atom. The van der Waals surface area contributed by atoms with Gasteiger partial charge in [0.2, 0.25) is 0 Å². The van der Waals surface area contributed by atoms with Crippen LogP contribution in [0, 0.1) is 5.92 Å². The Balaban J connectivity index is 2.19. The lowest BCUT2D eigenvalue weighted by Gasteiger charge is -2.32. The van der Waals surface area contributed by atoms with E-state index in [1.165, 1.54) is 39.0 Å². The molecule has 0 aromatic carbocycles. The van der Waals surface area contributed by atoms with Crippen LogP contribution in [0.25, 0.3) is 0 Å². The zero-order valence-electron chi connectivity index (χ0n) is 11.2. The van der Waals surface area contributed by atoms with Gasteiger partial charge in [0.25, 0.3) is 0 Å². The van der Waals surface area contributed by atoms with Crippen molar-refractivity contribution in [1.29, 1.82) is 0 Å². The number of esters is 1. The van der Waals surface area contributed by atoms with Crippen molar-refractivity contribution in [2.75, 3.05) is 0 Å². The van der Waals surface area contributed by atoms with E-state index in [1.807, 2.05) is 0 Å². The molecule has 0 spiro atoms. The third-order valence-electron chi connectivity index (χ3n) is 3.65. The van der Waals surface area contributed by atoms with E-state index in [0.717, 1.165) is 19.3 Å². The van der Waals surface area contributed by atoms with E-state index in [4.69, 9.17) is 4.74 Å². The minimum Gasteiger partial charge on any atom is -0.460 e. The van der Waals surface area contributed by atoms with Gasteiger partial charge in [-0.2, -0.15) is 0 Å². The lowest BCUT2D eigenvalue weighted by molar-refractivity contribution is -0.156. The molecule has 1 fully saturated rings. The highest BCUT2D eigenvalue weighted by Crippen LogP contribution is 2.30. The zero-order valence-corrected chi connectivity index (χ0v) is 11.2. The molecule has 3 atom stereocenters. The molecule has 1 N–H and O–H groups in total. The van der Waals surface area contributed by atoms with Crippen molar-refractivity contribution >= 4 is 5.97 Å². The first-order chi connectivity index (χ1) is 8.13. The van der Waals surface area contributed by atoms with E-state index in [9.17, 15) is 9.90 Å². The predicted octanol–water partition coefficient (Wildman–Crippen LogP) is 3.05. The average Bonchev–Trinajstić information content (AvgIpc) is 2.27. The molecule has 1 aliphatic rings. The van der Waals surface area contributed by atoms with Crippen LogP contribution in [0.15, 0.2) is 0 Å². The van der Waals surface area contributed by atoms with Gasteiger partial charge in [0.1, 0.15) is 6.10 Å². The highest BCUT2D eigenvalue weighted by Gasteiger charge is 2.30. The molecule has 1 saturated carbocycles. The van der Waals surface area contributed by atoms with E-state index in [2.05, 4.69) is 6.92 Å². The average molecular weight is 242 g/mol. The first-order valence-corrected chi connectivity index (χ1v) is 6.98. The number of carbonyl (C=O) groups is 1. The number of hydrogen-bond acceptors (Lipinski definition) is 3. The second-order valence-corrected chi connectivity index (χ2v) is 5.24. The Morgan fingerprint density at radius 2 is 2.06 bits per heavy atom.